The fourth-order valence-electron chi connectivity index (χ4n) is 3.34. The summed E-state index contributed by atoms with van der Waals surface area (Å²) in [5, 5.41) is 6.99. The van der Waals surface area contributed by atoms with Crippen LogP contribution in [0.25, 0.3) is 11.0 Å². The summed E-state index contributed by atoms with van der Waals surface area (Å²) in [5.41, 5.74) is 2.16. The molecular weight excluding hydrogens is 394 g/mol. The van der Waals surface area contributed by atoms with Gasteiger partial charge in [-0.25, -0.2) is 4.79 Å². The highest BCUT2D eigenvalue weighted by Gasteiger charge is 2.17. The van der Waals surface area contributed by atoms with Crippen LogP contribution in [0.1, 0.15) is 26.7 Å². The summed E-state index contributed by atoms with van der Waals surface area (Å²) in [6, 6.07) is 14.0. The van der Waals surface area contributed by atoms with Crippen molar-refractivity contribution in [3.8, 4) is 5.75 Å². The average Bonchev–Trinajstić information content (AvgIpc) is 2.78. The van der Waals surface area contributed by atoms with E-state index in [1.54, 1.807) is 19.2 Å². The molecule has 7 nitrogen and oxygen atoms in total. The molecule has 0 spiro atoms. The zero-order valence-electron chi connectivity index (χ0n) is 18.4. The fourth-order valence-corrected chi connectivity index (χ4v) is 3.34. The molecule has 0 bridgehead atoms. The zero-order chi connectivity index (χ0) is 22.4. The fraction of sp³-hybridized carbons (Fsp3) is 0.333. The predicted octanol–water partition coefficient (Wildman–Crippen LogP) is 4.29. The van der Waals surface area contributed by atoms with Crippen molar-refractivity contribution in [1.29, 1.82) is 0 Å². The highest BCUT2D eigenvalue weighted by Crippen LogP contribution is 2.34. The molecule has 1 atom stereocenters. The van der Waals surface area contributed by atoms with Crippen molar-refractivity contribution in [2.24, 2.45) is 0 Å². The van der Waals surface area contributed by atoms with Gasteiger partial charge in [0, 0.05) is 24.2 Å². The first-order valence-electron chi connectivity index (χ1n) is 10.4. The molecule has 2 N–H and O–H groups in total. The molecule has 0 aliphatic carbocycles. The van der Waals surface area contributed by atoms with Crippen molar-refractivity contribution in [2.45, 2.75) is 32.7 Å². The van der Waals surface area contributed by atoms with Crippen LogP contribution in [-0.2, 0) is 4.79 Å². The van der Waals surface area contributed by atoms with E-state index in [9.17, 15) is 9.59 Å². The van der Waals surface area contributed by atoms with Crippen LogP contribution in [0, 0.1) is 0 Å². The maximum atomic E-state index is 12.6. The highest BCUT2D eigenvalue weighted by molar-refractivity contribution is 5.97. The Bertz CT molecular complexity index is 1110. The van der Waals surface area contributed by atoms with Crippen LogP contribution in [-0.4, -0.2) is 32.7 Å². The zero-order valence-corrected chi connectivity index (χ0v) is 18.4. The van der Waals surface area contributed by atoms with Crippen LogP contribution in [0.2, 0.25) is 0 Å². The number of methoxy groups -OCH3 is 1. The van der Waals surface area contributed by atoms with Gasteiger partial charge in [-0.05, 0) is 50.2 Å². The second kappa shape index (κ2) is 10.1. The van der Waals surface area contributed by atoms with E-state index in [0.717, 1.165) is 30.5 Å². The highest BCUT2D eigenvalue weighted by atomic mass is 16.5. The molecule has 0 fully saturated rings. The molecule has 0 aliphatic rings. The molecule has 2 aromatic carbocycles. The molecule has 0 saturated heterocycles. The van der Waals surface area contributed by atoms with Gasteiger partial charge >= 0.3 is 5.63 Å². The summed E-state index contributed by atoms with van der Waals surface area (Å²) in [4.78, 5) is 26.6. The Balaban J connectivity index is 1.90. The van der Waals surface area contributed by atoms with Gasteiger partial charge in [0.1, 0.15) is 11.3 Å². The van der Waals surface area contributed by atoms with Gasteiger partial charge in [0.25, 0.3) is 0 Å². The van der Waals surface area contributed by atoms with Gasteiger partial charge < -0.3 is 24.7 Å². The first-order chi connectivity index (χ1) is 14.9. The third-order valence-electron chi connectivity index (χ3n) is 5.19. The number of benzene rings is 2. The van der Waals surface area contributed by atoms with Crippen LogP contribution in [0.15, 0.2) is 57.7 Å². The number of nitrogens with one attached hydrogen (secondary N) is 2. The molecule has 1 aromatic heterocycles. The lowest BCUT2D eigenvalue weighted by Crippen LogP contribution is -2.38. The Hall–Kier alpha value is -3.32. The standard InChI is InChI=1S/C24H29N3O4/c1-5-6-13-25-16(2)24(29)26-19-14-17(11-12-22(19)30-4)27(3)20-15-23(28)31-21-10-8-7-9-18(20)21/h7-12,14-16,25H,5-6,13H2,1-4H3,(H,26,29)/t16-/m0/s1. The monoisotopic (exact) mass is 423 g/mol. The van der Waals surface area contributed by atoms with Crippen LogP contribution in [0.5, 0.6) is 5.75 Å². The van der Waals surface area contributed by atoms with Gasteiger partial charge in [-0.3, -0.25) is 4.79 Å². The lowest BCUT2D eigenvalue weighted by Gasteiger charge is -2.23. The Kier molecular flexibility index (Phi) is 7.31. The van der Waals surface area contributed by atoms with Crippen molar-refractivity contribution < 1.29 is 13.9 Å². The van der Waals surface area contributed by atoms with E-state index in [1.165, 1.54) is 6.07 Å². The topological polar surface area (TPSA) is 83.8 Å². The van der Waals surface area contributed by atoms with E-state index in [1.807, 2.05) is 49.2 Å². The second-order valence-corrected chi connectivity index (χ2v) is 7.41. The van der Waals surface area contributed by atoms with Crippen molar-refractivity contribution in [3.05, 3.63) is 59.0 Å². The van der Waals surface area contributed by atoms with E-state index in [4.69, 9.17) is 9.15 Å². The number of unbranched alkanes of at least 4 members (excludes halogenated alkanes) is 1. The van der Waals surface area contributed by atoms with Gasteiger partial charge in [0.2, 0.25) is 5.91 Å². The molecule has 0 saturated carbocycles. The first kappa shape index (κ1) is 22.4. The number of carbonyl (C=O) groups excluding carboxylic acids is 1. The molecular formula is C24H29N3O4. The maximum absolute atomic E-state index is 12.6. The molecule has 0 radical (unpaired) electrons. The number of ether oxygens (including phenoxy) is 1. The largest absolute Gasteiger partial charge is 0.495 e. The minimum absolute atomic E-state index is 0.139. The number of para-hydroxylation sites is 1. The number of rotatable bonds is 9. The summed E-state index contributed by atoms with van der Waals surface area (Å²) in [6.45, 7) is 4.73. The van der Waals surface area contributed by atoms with Crippen LogP contribution >= 0.6 is 0 Å². The van der Waals surface area contributed by atoms with E-state index < -0.39 is 5.63 Å². The van der Waals surface area contributed by atoms with Crippen LogP contribution in [0.3, 0.4) is 0 Å². The molecule has 3 aromatic rings. The molecule has 3 rings (SSSR count). The SMILES string of the molecule is CCCCN[C@@H](C)C(=O)Nc1cc(N(C)c2cc(=O)oc3ccccc23)ccc1OC. The van der Waals surface area contributed by atoms with Gasteiger partial charge in [-0.15, -0.1) is 0 Å². The average molecular weight is 424 g/mol. The van der Waals surface area contributed by atoms with Crippen molar-refractivity contribution in [1.82, 2.24) is 5.32 Å². The molecule has 31 heavy (non-hydrogen) atoms. The Morgan fingerprint density at radius 1 is 1.19 bits per heavy atom. The van der Waals surface area contributed by atoms with E-state index in [0.29, 0.717) is 22.7 Å². The third-order valence-corrected chi connectivity index (χ3v) is 5.19. The molecule has 7 heteroatoms. The molecule has 164 valence electrons. The molecule has 1 heterocycles. The van der Waals surface area contributed by atoms with E-state index in [2.05, 4.69) is 17.6 Å². The quantitative estimate of drug-likeness (QED) is 0.395. The summed E-state index contributed by atoms with van der Waals surface area (Å²) >= 11 is 0. The Morgan fingerprint density at radius 2 is 1.97 bits per heavy atom. The number of carbonyl (C=O) groups is 1. The van der Waals surface area contributed by atoms with Crippen molar-refractivity contribution >= 4 is 33.9 Å². The maximum Gasteiger partial charge on any atom is 0.338 e. The Morgan fingerprint density at radius 3 is 2.71 bits per heavy atom. The first-order valence-corrected chi connectivity index (χ1v) is 10.4. The van der Waals surface area contributed by atoms with E-state index in [-0.39, 0.29) is 11.9 Å². The molecule has 0 aliphatic heterocycles. The number of anilines is 3. The minimum atomic E-state index is -0.422. The lowest BCUT2D eigenvalue weighted by molar-refractivity contribution is -0.117. The van der Waals surface area contributed by atoms with Crippen LogP contribution < -0.4 is 25.9 Å². The van der Waals surface area contributed by atoms with E-state index >= 15 is 0 Å². The van der Waals surface area contributed by atoms with Crippen LogP contribution in [0.4, 0.5) is 17.1 Å². The lowest BCUT2D eigenvalue weighted by atomic mass is 10.1. The normalized spacial score (nSPS) is 11.9. The number of nitrogens with zero attached hydrogens (tertiary/aromatic N) is 1. The van der Waals surface area contributed by atoms with Gasteiger partial charge in [-0.1, -0.05) is 25.5 Å². The third kappa shape index (κ3) is 5.24. The van der Waals surface area contributed by atoms with Gasteiger partial charge in [0.05, 0.1) is 24.5 Å². The predicted molar refractivity (Wildman–Crippen MR) is 125 cm³/mol. The summed E-state index contributed by atoms with van der Waals surface area (Å²) in [7, 11) is 3.43. The second-order valence-electron chi connectivity index (χ2n) is 7.41. The van der Waals surface area contributed by atoms with Gasteiger partial charge in [0.15, 0.2) is 0 Å². The summed E-state index contributed by atoms with van der Waals surface area (Å²) in [5.74, 6) is 0.420. The van der Waals surface area contributed by atoms with Crippen molar-refractivity contribution in [3.63, 3.8) is 0 Å². The number of amides is 1. The smallest absolute Gasteiger partial charge is 0.338 e. The summed E-state index contributed by atoms with van der Waals surface area (Å²) in [6.07, 6.45) is 2.08. The number of hydrogen-bond acceptors (Lipinski definition) is 6. The molecule has 0 unspecified atom stereocenters. The van der Waals surface area contributed by atoms with Crippen molar-refractivity contribution in [2.75, 3.05) is 30.9 Å². The van der Waals surface area contributed by atoms with Gasteiger partial charge in [-0.2, -0.15) is 0 Å². The number of fused-ring (bicyclic) bond motifs is 1. The molecule has 1 amide bonds. The minimum Gasteiger partial charge on any atom is -0.495 e. The number of hydrogen-bond donors (Lipinski definition) is 2. The summed E-state index contributed by atoms with van der Waals surface area (Å²) < 4.78 is 10.7. The Labute approximate surface area is 182 Å².